The lowest BCUT2D eigenvalue weighted by molar-refractivity contribution is -0.139. The molecule has 1 aromatic carbocycles. The minimum Gasteiger partial charge on any atom is -0.508 e. The van der Waals surface area contributed by atoms with E-state index in [2.05, 4.69) is 0 Å². The molecular weight excluding hydrogens is 454 g/mol. The van der Waals surface area contributed by atoms with Crippen molar-refractivity contribution in [1.29, 1.82) is 0 Å². The monoisotopic (exact) mass is 481 g/mol. The van der Waals surface area contributed by atoms with Gasteiger partial charge in [0.1, 0.15) is 17.2 Å². The summed E-state index contributed by atoms with van der Waals surface area (Å²) in [5, 5.41) is 10.3. The standard InChI is InChI=1S/C25H27N3O7/c1-12-8-17(30)15-11-16-14(6-7-27-23(32)26(3)24(33)28(16)27)21(25(15,2)22(12)31)20-18(34-4)9-13(29)10-19(20)35-5/h6,8-10,15-16,21,29H,7,11H2,1-5H3/t15-,16+,21+,25+/m0/s1. The van der Waals surface area contributed by atoms with E-state index in [0.29, 0.717) is 22.6 Å². The van der Waals surface area contributed by atoms with Crippen LogP contribution < -0.4 is 20.9 Å². The Morgan fingerprint density at radius 2 is 1.69 bits per heavy atom. The molecule has 0 saturated heterocycles. The normalized spacial score (nSPS) is 27.4. The van der Waals surface area contributed by atoms with Gasteiger partial charge in [0.25, 0.3) is 0 Å². The fraction of sp³-hybridized carbons (Fsp3) is 0.440. The number of hydrogen-bond acceptors (Lipinski definition) is 7. The lowest BCUT2D eigenvalue weighted by atomic mass is 9.50. The molecule has 0 unspecified atom stereocenters. The van der Waals surface area contributed by atoms with E-state index in [9.17, 15) is 24.3 Å². The number of methoxy groups -OCH3 is 2. The van der Waals surface area contributed by atoms with Crippen molar-refractivity contribution in [2.75, 3.05) is 14.2 Å². The quantitative estimate of drug-likeness (QED) is 0.659. The van der Waals surface area contributed by atoms with E-state index in [1.807, 2.05) is 6.08 Å². The van der Waals surface area contributed by atoms with Gasteiger partial charge >= 0.3 is 11.4 Å². The lowest BCUT2D eigenvalue weighted by Gasteiger charge is -2.52. The summed E-state index contributed by atoms with van der Waals surface area (Å²) in [7, 11) is 4.32. The number of phenols is 1. The van der Waals surface area contributed by atoms with Gasteiger partial charge in [-0.2, -0.15) is 0 Å². The summed E-state index contributed by atoms with van der Waals surface area (Å²) in [6, 6.07) is 2.25. The molecular formula is C25H27N3O7. The summed E-state index contributed by atoms with van der Waals surface area (Å²) in [5.74, 6) is -1.32. The number of aromatic nitrogens is 3. The largest absolute Gasteiger partial charge is 0.508 e. The number of Topliss-reactive ketones (excluding diaryl/α,β-unsaturated/α-hetero) is 1. The third-order valence-corrected chi connectivity index (χ3v) is 7.91. The highest BCUT2D eigenvalue weighted by molar-refractivity contribution is 6.13. The van der Waals surface area contributed by atoms with Crippen LogP contribution in [0.25, 0.3) is 0 Å². The van der Waals surface area contributed by atoms with Gasteiger partial charge in [-0.3, -0.25) is 9.59 Å². The third-order valence-electron chi connectivity index (χ3n) is 7.91. The topological polar surface area (TPSA) is 122 Å². The van der Waals surface area contributed by atoms with Crippen LogP contribution in [0.1, 0.15) is 37.8 Å². The number of hydrogen-bond donors (Lipinski definition) is 1. The Kier molecular flexibility index (Phi) is 4.98. The number of allylic oxidation sites excluding steroid dienone is 4. The molecule has 1 saturated carbocycles. The van der Waals surface area contributed by atoms with Gasteiger partial charge in [0, 0.05) is 36.6 Å². The maximum atomic E-state index is 13.8. The Balaban J connectivity index is 1.86. The molecule has 10 heteroatoms. The van der Waals surface area contributed by atoms with E-state index in [1.54, 1.807) is 13.8 Å². The van der Waals surface area contributed by atoms with Crippen molar-refractivity contribution in [3.63, 3.8) is 0 Å². The van der Waals surface area contributed by atoms with Gasteiger partial charge in [0.15, 0.2) is 11.6 Å². The molecule has 2 aromatic rings. The predicted molar refractivity (Wildman–Crippen MR) is 125 cm³/mol. The fourth-order valence-electron chi connectivity index (χ4n) is 6.28. The number of aromatic hydroxyl groups is 1. The number of benzene rings is 1. The van der Waals surface area contributed by atoms with E-state index in [0.717, 1.165) is 10.1 Å². The van der Waals surface area contributed by atoms with Crippen molar-refractivity contribution in [1.82, 2.24) is 13.9 Å². The Morgan fingerprint density at radius 1 is 1.06 bits per heavy atom. The predicted octanol–water partition coefficient (Wildman–Crippen LogP) is 1.46. The minimum atomic E-state index is -1.20. The van der Waals surface area contributed by atoms with E-state index < -0.39 is 34.7 Å². The highest BCUT2D eigenvalue weighted by Crippen LogP contribution is 2.62. The zero-order valence-corrected chi connectivity index (χ0v) is 20.2. The highest BCUT2D eigenvalue weighted by atomic mass is 16.5. The van der Waals surface area contributed by atoms with Gasteiger partial charge in [-0.05, 0) is 30.6 Å². The van der Waals surface area contributed by atoms with Crippen LogP contribution in [0.2, 0.25) is 0 Å². The van der Waals surface area contributed by atoms with Crippen LogP contribution in [-0.2, 0) is 23.2 Å². The van der Waals surface area contributed by atoms with Crippen LogP contribution >= 0.6 is 0 Å². The average molecular weight is 482 g/mol. The number of ketones is 2. The zero-order chi connectivity index (χ0) is 25.4. The third kappa shape index (κ3) is 2.88. The van der Waals surface area contributed by atoms with Crippen molar-refractivity contribution in [3.8, 4) is 17.2 Å². The van der Waals surface area contributed by atoms with Crippen LogP contribution in [-0.4, -0.2) is 44.8 Å². The smallest absolute Gasteiger partial charge is 0.347 e. The van der Waals surface area contributed by atoms with Gasteiger partial charge in [-0.1, -0.05) is 13.0 Å². The highest BCUT2D eigenvalue weighted by Gasteiger charge is 2.60. The first-order chi connectivity index (χ1) is 16.6. The molecule has 2 heterocycles. The second-order valence-electron chi connectivity index (χ2n) is 9.60. The number of carbonyl (C=O) groups is 2. The maximum absolute atomic E-state index is 13.8. The number of nitrogens with zero attached hydrogens (tertiary/aromatic N) is 3. The van der Waals surface area contributed by atoms with E-state index in [1.165, 1.54) is 48.8 Å². The molecule has 1 fully saturated rings. The average Bonchev–Trinajstić information content (AvgIpc) is 3.05. The van der Waals surface area contributed by atoms with Crippen LogP contribution in [0, 0.1) is 11.3 Å². The molecule has 2 aliphatic carbocycles. The molecule has 0 spiro atoms. The Hall–Kier alpha value is -3.82. The molecule has 0 radical (unpaired) electrons. The molecule has 10 nitrogen and oxygen atoms in total. The second kappa shape index (κ2) is 7.59. The van der Waals surface area contributed by atoms with Crippen molar-refractivity contribution >= 4 is 11.6 Å². The molecule has 0 amide bonds. The molecule has 1 N–H and O–H groups in total. The first kappa shape index (κ1) is 22.9. The Labute approximate surface area is 200 Å². The van der Waals surface area contributed by atoms with Crippen LogP contribution in [0.15, 0.2) is 45.0 Å². The molecule has 184 valence electrons. The summed E-state index contributed by atoms with van der Waals surface area (Å²) >= 11 is 0. The molecule has 0 bridgehead atoms. The molecule has 5 rings (SSSR count). The number of carbonyl (C=O) groups excluding carboxylic acids is 2. The summed E-state index contributed by atoms with van der Waals surface area (Å²) in [4.78, 5) is 53.0. The second-order valence-corrected chi connectivity index (χ2v) is 9.60. The maximum Gasteiger partial charge on any atom is 0.347 e. The number of ether oxygens (including phenoxy) is 2. The van der Waals surface area contributed by atoms with E-state index in [-0.39, 0.29) is 30.3 Å². The van der Waals surface area contributed by atoms with Crippen LogP contribution in [0.5, 0.6) is 17.2 Å². The lowest BCUT2D eigenvalue weighted by Crippen LogP contribution is -2.54. The Morgan fingerprint density at radius 3 is 2.29 bits per heavy atom. The van der Waals surface area contributed by atoms with Gasteiger partial charge in [-0.25, -0.2) is 23.5 Å². The summed E-state index contributed by atoms with van der Waals surface area (Å²) < 4.78 is 15.0. The first-order valence-corrected chi connectivity index (χ1v) is 11.4. The zero-order valence-electron chi connectivity index (χ0n) is 20.2. The molecule has 35 heavy (non-hydrogen) atoms. The first-order valence-electron chi connectivity index (χ1n) is 11.4. The summed E-state index contributed by atoms with van der Waals surface area (Å²) in [6.07, 6.45) is 3.42. The molecule has 4 atom stereocenters. The minimum absolute atomic E-state index is 0.0793. The molecule has 3 aliphatic rings. The Bertz CT molecular complexity index is 1450. The van der Waals surface area contributed by atoms with Crippen molar-refractivity contribution in [3.05, 3.63) is 62.0 Å². The van der Waals surface area contributed by atoms with Crippen molar-refractivity contribution < 1.29 is 24.2 Å². The molecule has 1 aliphatic heterocycles. The van der Waals surface area contributed by atoms with Crippen LogP contribution in [0.3, 0.4) is 0 Å². The fourth-order valence-corrected chi connectivity index (χ4v) is 6.28. The summed E-state index contributed by atoms with van der Waals surface area (Å²) in [5.41, 5.74) is -0.535. The van der Waals surface area contributed by atoms with Crippen molar-refractivity contribution in [2.45, 2.75) is 38.8 Å². The van der Waals surface area contributed by atoms with Crippen molar-refractivity contribution in [2.24, 2.45) is 18.4 Å². The van der Waals surface area contributed by atoms with Gasteiger partial charge in [0.05, 0.1) is 32.2 Å². The summed E-state index contributed by atoms with van der Waals surface area (Å²) in [6.45, 7) is 3.54. The van der Waals surface area contributed by atoms with Gasteiger partial charge in [0.2, 0.25) is 0 Å². The van der Waals surface area contributed by atoms with E-state index >= 15 is 0 Å². The SMILES string of the molecule is COc1cc(O)cc(OC)c1[C@H]1C2=CCn3c(=O)n(C)c(=O)n3[C@@H]2C[C@H]2C(=O)C=C(C)C(=O)[C@@]12C. The number of rotatable bonds is 3. The molecule has 1 aromatic heterocycles. The van der Waals surface area contributed by atoms with E-state index in [4.69, 9.17) is 9.47 Å². The number of fused-ring (bicyclic) bond motifs is 4. The number of phenolic OH excluding ortho intramolecular Hbond substituents is 1. The van der Waals surface area contributed by atoms with Gasteiger partial charge < -0.3 is 14.6 Å². The van der Waals surface area contributed by atoms with Crippen LogP contribution in [0.4, 0.5) is 0 Å². The van der Waals surface area contributed by atoms with Gasteiger partial charge in [-0.15, -0.1) is 0 Å².